The highest BCUT2D eigenvalue weighted by atomic mass is 16.5. The fourth-order valence-corrected chi connectivity index (χ4v) is 3.50. The number of hydrogen-bond donors (Lipinski definition) is 2. The lowest BCUT2D eigenvalue weighted by Gasteiger charge is -2.26. The Labute approximate surface area is 154 Å². The number of para-hydroxylation sites is 1. The number of aromatic nitrogens is 1. The molecular formula is C20H17N3O4. The molecule has 0 aliphatic carbocycles. The van der Waals surface area contributed by atoms with Gasteiger partial charge in [0.2, 0.25) is 0 Å². The van der Waals surface area contributed by atoms with Crippen LogP contribution in [0, 0.1) is 0 Å². The van der Waals surface area contributed by atoms with Crippen molar-refractivity contribution >= 4 is 28.6 Å². The number of fused-ring (bicyclic) bond motifs is 2. The van der Waals surface area contributed by atoms with Crippen LogP contribution in [0.5, 0.6) is 0 Å². The normalized spacial score (nSPS) is 14.5. The fourth-order valence-electron chi connectivity index (χ4n) is 3.50. The molecule has 7 nitrogen and oxygen atoms in total. The summed E-state index contributed by atoms with van der Waals surface area (Å²) < 4.78 is 0. The van der Waals surface area contributed by atoms with Crippen LogP contribution in [0.3, 0.4) is 0 Å². The average molecular weight is 363 g/mol. The number of carbonyl (C=O) groups excluding carboxylic acids is 3. The number of H-pyrrole nitrogens is 1. The van der Waals surface area contributed by atoms with Crippen LogP contribution < -0.4 is 0 Å². The lowest BCUT2D eigenvalue weighted by atomic mass is 10.0. The van der Waals surface area contributed by atoms with E-state index >= 15 is 0 Å². The highest BCUT2D eigenvalue weighted by Crippen LogP contribution is 2.28. The van der Waals surface area contributed by atoms with Gasteiger partial charge in [-0.25, -0.2) is 5.06 Å². The molecule has 3 aromatic rings. The molecule has 1 aromatic heterocycles. The summed E-state index contributed by atoms with van der Waals surface area (Å²) in [6.45, 7) is 0. The van der Waals surface area contributed by atoms with Gasteiger partial charge in [-0.05, 0) is 23.8 Å². The van der Waals surface area contributed by atoms with Crippen LogP contribution in [-0.2, 0) is 11.2 Å². The number of imide groups is 1. The second kappa shape index (κ2) is 6.37. The highest BCUT2D eigenvalue weighted by molar-refractivity contribution is 6.22. The molecule has 0 bridgehead atoms. The maximum Gasteiger partial charge on any atom is 0.269 e. The van der Waals surface area contributed by atoms with Gasteiger partial charge < -0.3 is 4.98 Å². The van der Waals surface area contributed by atoms with E-state index < -0.39 is 23.8 Å². The van der Waals surface area contributed by atoms with Crippen LogP contribution in [0.25, 0.3) is 10.9 Å². The summed E-state index contributed by atoms with van der Waals surface area (Å²) in [6, 6.07) is 12.9. The van der Waals surface area contributed by atoms with Crippen LogP contribution >= 0.6 is 0 Å². The SMILES string of the molecule is CN(O)C(=O)C(Cc1c[nH]c2ccccc12)N1C(=O)c2ccccc2C1=O. The number of rotatable bonds is 4. The van der Waals surface area contributed by atoms with Gasteiger partial charge in [0, 0.05) is 30.6 Å². The van der Waals surface area contributed by atoms with E-state index in [0.717, 1.165) is 21.4 Å². The first-order valence-electron chi connectivity index (χ1n) is 8.47. The molecule has 0 radical (unpaired) electrons. The molecule has 1 atom stereocenters. The van der Waals surface area contributed by atoms with Gasteiger partial charge in [0.15, 0.2) is 0 Å². The first-order chi connectivity index (χ1) is 13.0. The molecule has 0 spiro atoms. The molecule has 3 amide bonds. The molecule has 1 unspecified atom stereocenters. The third-order valence-corrected chi connectivity index (χ3v) is 4.83. The lowest BCUT2D eigenvalue weighted by Crippen LogP contribution is -2.50. The Morgan fingerprint density at radius 3 is 2.30 bits per heavy atom. The summed E-state index contributed by atoms with van der Waals surface area (Å²) in [5.41, 5.74) is 2.19. The zero-order valence-corrected chi connectivity index (χ0v) is 14.5. The van der Waals surface area contributed by atoms with Crippen molar-refractivity contribution in [1.82, 2.24) is 14.9 Å². The predicted molar refractivity (Wildman–Crippen MR) is 97.3 cm³/mol. The molecule has 7 heteroatoms. The van der Waals surface area contributed by atoms with Crippen LogP contribution in [-0.4, -0.2) is 51.0 Å². The minimum atomic E-state index is -1.15. The molecule has 2 aromatic carbocycles. The van der Waals surface area contributed by atoms with E-state index in [1.165, 1.54) is 7.05 Å². The quantitative estimate of drug-likeness (QED) is 0.422. The van der Waals surface area contributed by atoms with E-state index in [1.54, 1.807) is 30.5 Å². The number of nitrogens with one attached hydrogen (secondary N) is 1. The second-order valence-corrected chi connectivity index (χ2v) is 6.47. The Morgan fingerprint density at radius 1 is 1.07 bits per heavy atom. The van der Waals surface area contributed by atoms with Crippen LogP contribution in [0.4, 0.5) is 0 Å². The summed E-state index contributed by atoms with van der Waals surface area (Å²) in [5.74, 6) is -1.79. The number of amides is 3. The van der Waals surface area contributed by atoms with Crippen molar-refractivity contribution in [3.8, 4) is 0 Å². The third-order valence-electron chi connectivity index (χ3n) is 4.83. The fraction of sp³-hybridized carbons (Fsp3) is 0.150. The molecule has 2 heterocycles. The first-order valence-corrected chi connectivity index (χ1v) is 8.47. The largest absolute Gasteiger partial charge is 0.361 e. The number of benzene rings is 2. The molecule has 0 fully saturated rings. The lowest BCUT2D eigenvalue weighted by molar-refractivity contribution is -0.163. The maximum absolute atomic E-state index is 12.8. The molecule has 27 heavy (non-hydrogen) atoms. The van der Waals surface area contributed by atoms with E-state index in [9.17, 15) is 19.6 Å². The van der Waals surface area contributed by atoms with Gasteiger partial charge in [0.1, 0.15) is 6.04 Å². The van der Waals surface area contributed by atoms with Gasteiger partial charge in [-0.1, -0.05) is 30.3 Å². The third kappa shape index (κ3) is 2.69. The van der Waals surface area contributed by atoms with Crippen LogP contribution in [0.2, 0.25) is 0 Å². The van der Waals surface area contributed by atoms with E-state index in [-0.39, 0.29) is 17.5 Å². The highest BCUT2D eigenvalue weighted by Gasteiger charge is 2.43. The molecule has 0 saturated heterocycles. The summed E-state index contributed by atoms with van der Waals surface area (Å²) in [5, 5.41) is 11.0. The zero-order chi connectivity index (χ0) is 19.1. The second-order valence-electron chi connectivity index (χ2n) is 6.47. The average Bonchev–Trinajstić information content (AvgIpc) is 3.19. The smallest absolute Gasteiger partial charge is 0.269 e. The standard InChI is InChI=1S/C20H17N3O4/c1-22(27)20(26)17(10-12-11-21-16-9-5-4-6-13(12)16)23-18(24)14-7-2-3-8-15(14)19(23)25/h2-9,11,17,21,27H,10H2,1H3. The van der Waals surface area contributed by atoms with Crippen molar-refractivity contribution in [2.24, 2.45) is 0 Å². The van der Waals surface area contributed by atoms with E-state index in [1.807, 2.05) is 24.3 Å². The maximum atomic E-state index is 12.8. The van der Waals surface area contributed by atoms with Crippen molar-refractivity contribution in [3.63, 3.8) is 0 Å². The topological polar surface area (TPSA) is 93.7 Å². The Morgan fingerprint density at radius 2 is 1.67 bits per heavy atom. The Balaban J connectivity index is 1.76. The number of hydroxylamine groups is 2. The Kier molecular flexibility index (Phi) is 4.01. The minimum absolute atomic E-state index is 0.0964. The number of hydrogen-bond acceptors (Lipinski definition) is 4. The van der Waals surface area contributed by atoms with Crippen molar-refractivity contribution in [1.29, 1.82) is 0 Å². The summed E-state index contributed by atoms with van der Waals surface area (Å²) in [4.78, 5) is 42.3. The van der Waals surface area contributed by atoms with Gasteiger partial charge in [-0.3, -0.25) is 24.5 Å². The molecular weight excluding hydrogens is 346 g/mol. The summed E-state index contributed by atoms with van der Waals surface area (Å²) >= 11 is 0. The first kappa shape index (κ1) is 17.0. The van der Waals surface area contributed by atoms with E-state index in [2.05, 4.69) is 4.98 Å². The molecule has 4 rings (SSSR count). The molecule has 1 aliphatic heterocycles. The summed E-state index contributed by atoms with van der Waals surface area (Å²) in [7, 11) is 1.18. The van der Waals surface area contributed by atoms with Crippen molar-refractivity contribution in [2.45, 2.75) is 12.5 Å². The van der Waals surface area contributed by atoms with Crippen molar-refractivity contribution in [2.75, 3.05) is 7.05 Å². The molecule has 1 aliphatic rings. The van der Waals surface area contributed by atoms with Gasteiger partial charge in [-0.2, -0.15) is 0 Å². The number of aromatic amines is 1. The number of likely N-dealkylation sites (N-methyl/N-ethyl adjacent to an activating group) is 1. The molecule has 0 saturated carbocycles. The van der Waals surface area contributed by atoms with E-state index in [0.29, 0.717) is 5.06 Å². The minimum Gasteiger partial charge on any atom is -0.361 e. The van der Waals surface area contributed by atoms with Crippen molar-refractivity contribution < 1.29 is 19.6 Å². The summed E-state index contributed by atoms with van der Waals surface area (Å²) in [6.07, 6.45) is 1.85. The Bertz CT molecular complexity index is 1030. The molecule has 2 N–H and O–H groups in total. The van der Waals surface area contributed by atoms with Gasteiger partial charge in [-0.15, -0.1) is 0 Å². The molecule has 136 valence electrons. The number of carbonyl (C=O) groups is 3. The zero-order valence-electron chi connectivity index (χ0n) is 14.5. The van der Waals surface area contributed by atoms with Gasteiger partial charge in [0.05, 0.1) is 11.1 Å². The van der Waals surface area contributed by atoms with Gasteiger partial charge >= 0.3 is 0 Å². The monoisotopic (exact) mass is 363 g/mol. The van der Waals surface area contributed by atoms with Crippen molar-refractivity contribution in [3.05, 3.63) is 71.4 Å². The van der Waals surface area contributed by atoms with Crippen LogP contribution in [0.15, 0.2) is 54.7 Å². The Hall–Kier alpha value is -3.45. The predicted octanol–water partition coefficient (Wildman–Crippen LogP) is 2.22. The van der Waals surface area contributed by atoms with Crippen LogP contribution in [0.1, 0.15) is 26.3 Å². The van der Waals surface area contributed by atoms with Gasteiger partial charge in [0.25, 0.3) is 17.7 Å². The number of nitrogens with zero attached hydrogens (tertiary/aromatic N) is 2. The van der Waals surface area contributed by atoms with E-state index in [4.69, 9.17) is 0 Å².